The number of pyridine rings is 1. The highest BCUT2D eigenvalue weighted by molar-refractivity contribution is 5.94. The molecule has 0 saturated carbocycles. The van der Waals surface area contributed by atoms with E-state index in [4.69, 9.17) is 4.74 Å². The topological polar surface area (TPSA) is 105 Å². The maximum Gasteiger partial charge on any atom is 0.413 e. The second-order valence-electron chi connectivity index (χ2n) is 12.1. The second kappa shape index (κ2) is 11.9. The number of piperidine rings is 1. The Balaban J connectivity index is 1.25. The molecular formula is C32H39N7O3. The molecule has 1 aromatic carbocycles. The third kappa shape index (κ3) is 6.60. The van der Waals surface area contributed by atoms with Crippen molar-refractivity contribution in [3.8, 4) is 11.3 Å². The molecule has 2 amide bonds. The van der Waals surface area contributed by atoms with Crippen LogP contribution in [0.15, 0.2) is 54.7 Å². The first-order valence-electron chi connectivity index (χ1n) is 14.3. The maximum atomic E-state index is 12.2. The number of aromatic nitrogens is 4. The Morgan fingerprint density at radius 2 is 1.74 bits per heavy atom. The van der Waals surface area contributed by atoms with Crippen LogP contribution in [0.5, 0.6) is 0 Å². The zero-order valence-electron chi connectivity index (χ0n) is 25.2. The largest absolute Gasteiger partial charge is 0.444 e. The summed E-state index contributed by atoms with van der Waals surface area (Å²) >= 11 is 0. The third-order valence-electron chi connectivity index (χ3n) is 7.61. The highest BCUT2D eigenvalue weighted by Gasteiger charge is 2.23. The van der Waals surface area contributed by atoms with Crippen LogP contribution < -0.4 is 5.32 Å². The van der Waals surface area contributed by atoms with E-state index in [2.05, 4.69) is 55.2 Å². The zero-order valence-corrected chi connectivity index (χ0v) is 25.2. The van der Waals surface area contributed by atoms with Crippen LogP contribution >= 0.6 is 0 Å². The Hall–Kier alpha value is -4.31. The fourth-order valence-electron chi connectivity index (χ4n) is 5.41. The summed E-state index contributed by atoms with van der Waals surface area (Å²) in [5, 5.41) is 12.2. The van der Waals surface area contributed by atoms with Gasteiger partial charge in [0.05, 0.1) is 5.69 Å². The number of amides is 2. The SMILES string of the molecule is CN(C)C(=O)c1ccc(C2CCN(Cc3cc4c(-c5ccc(NC(=O)OC(C)(C)C)nn5)ccnc4n3C)CC2)cc1. The monoisotopic (exact) mass is 569 g/mol. The number of anilines is 1. The highest BCUT2D eigenvalue weighted by Crippen LogP contribution is 2.32. The molecule has 10 heteroatoms. The van der Waals surface area contributed by atoms with Gasteiger partial charge < -0.3 is 14.2 Å². The van der Waals surface area contributed by atoms with Crippen molar-refractivity contribution in [3.05, 3.63) is 71.5 Å². The predicted molar refractivity (Wildman–Crippen MR) is 163 cm³/mol. The van der Waals surface area contributed by atoms with Crippen molar-refractivity contribution in [2.45, 2.75) is 51.7 Å². The summed E-state index contributed by atoms with van der Waals surface area (Å²) in [5.74, 6) is 0.855. The van der Waals surface area contributed by atoms with Gasteiger partial charge in [-0.15, -0.1) is 10.2 Å². The Morgan fingerprint density at radius 1 is 1.02 bits per heavy atom. The summed E-state index contributed by atoms with van der Waals surface area (Å²) in [7, 11) is 5.60. The Kier molecular flexibility index (Phi) is 8.27. The minimum absolute atomic E-state index is 0.0308. The van der Waals surface area contributed by atoms with Gasteiger partial charge in [-0.1, -0.05) is 12.1 Å². The van der Waals surface area contributed by atoms with Gasteiger partial charge in [0.15, 0.2) is 5.82 Å². The molecule has 4 heterocycles. The van der Waals surface area contributed by atoms with Gasteiger partial charge in [0.2, 0.25) is 0 Å². The summed E-state index contributed by atoms with van der Waals surface area (Å²) in [5.41, 5.74) is 5.15. The van der Waals surface area contributed by atoms with E-state index < -0.39 is 11.7 Å². The van der Waals surface area contributed by atoms with Crippen molar-refractivity contribution in [3.63, 3.8) is 0 Å². The zero-order chi connectivity index (χ0) is 30.0. The quantitative estimate of drug-likeness (QED) is 0.329. The minimum Gasteiger partial charge on any atom is -0.444 e. The van der Waals surface area contributed by atoms with Crippen LogP contribution in [0, 0.1) is 0 Å². The lowest BCUT2D eigenvalue weighted by molar-refractivity contribution is 0.0634. The number of rotatable bonds is 6. The van der Waals surface area contributed by atoms with E-state index in [1.165, 1.54) is 11.3 Å². The molecule has 0 atom stereocenters. The standard InChI is InChI=1S/C32H39N7O3/c1-32(2,3)42-31(41)34-28-12-11-27(35-36-28)25-13-16-33-29-26(25)19-24(38(29)6)20-39-17-14-22(15-18-39)21-7-9-23(10-8-21)30(40)37(4)5/h7-13,16,19,22H,14-15,17-18,20H2,1-6H3,(H,34,36,41). The van der Waals surface area contributed by atoms with Crippen molar-refractivity contribution >= 4 is 28.9 Å². The lowest BCUT2D eigenvalue weighted by Crippen LogP contribution is -2.33. The smallest absolute Gasteiger partial charge is 0.413 e. The molecule has 0 aliphatic carbocycles. The summed E-state index contributed by atoms with van der Waals surface area (Å²) < 4.78 is 7.44. The van der Waals surface area contributed by atoms with Crippen LogP contribution in [0.25, 0.3) is 22.3 Å². The van der Waals surface area contributed by atoms with Crippen LogP contribution in [-0.4, -0.2) is 74.3 Å². The van der Waals surface area contributed by atoms with E-state index in [0.717, 1.165) is 54.6 Å². The molecule has 42 heavy (non-hydrogen) atoms. The molecule has 1 aliphatic heterocycles. The highest BCUT2D eigenvalue weighted by atomic mass is 16.6. The molecule has 220 valence electrons. The first-order valence-corrected chi connectivity index (χ1v) is 14.3. The molecule has 1 aliphatic rings. The van der Waals surface area contributed by atoms with Crippen LogP contribution in [-0.2, 0) is 18.3 Å². The first-order chi connectivity index (χ1) is 20.0. The normalized spacial score (nSPS) is 14.6. The van der Waals surface area contributed by atoms with Crippen LogP contribution in [0.4, 0.5) is 10.6 Å². The predicted octanol–water partition coefficient (Wildman–Crippen LogP) is 5.46. The van der Waals surface area contributed by atoms with E-state index >= 15 is 0 Å². The number of fused-ring (bicyclic) bond motifs is 1. The Morgan fingerprint density at radius 3 is 2.36 bits per heavy atom. The Bertz CT molecular complexity index is 1560. The number of aryl methyl sites for hydroxylation is 1. The van der Waals surface area contributed by atoms with E-state index in [9.17, 15) is 9.59 Å². The van der Waals surface area contributed by atoms with Gasteiger partial charge in [-0.05, 0) is 94.6 Å². The number of benzene rings is 1. The van der Waals surface area contributed by atoms with Gasteiger partial charge in [-0.3, -0.25) is 15.0 Å². The molecule has 5 rings (SSSR count). The fourth-order valence-corrected chi connectivity index (χ4v) is 5.41. The number of nitrogens with zero attached hydrogens (tertiary/aromatic N) is 6. The second-order valence-corrected chi connectivity index (χ2v) is 12.1. The number of carbonyl (C=O) groups is 2. The molecule has 1 N–H and O–H groups in total. The molecule has 0 bridgehead atoms. The summed E-state index contributed by atoms with van der Waals surface area (Å²) in [4.78, 5) is 33.0. The molecule has 1 saturated heterocycles. The van der Waals surface area contributed by atoms with Crippen LogP contribution in [0.3, 0.4) is 0 Å². The summed E-state index contributed by atoms with van der Waals surface area (Å²) in [6, 6.07) is 15.8. The van der Waals surface area contributed by atoms with Crippen molar-refractivity contribution in [2.75, 3.05) is 32.5 Å². The van der Waals surface area contributed by atoms with Gasteiger partial charge in [-0.25, -0.2) is 9.78 Å². The number of carbonyl (C=O) groups excluding carboxylic acids is 2. The fraction of sp³-hybridized carbons (Fsp3) is 0.406. The number of nitrogens with one attached hydrogen (secondary N) is 1. The molecule has 1 fully saturated rings. The lowest BCUT2D eigenvalue weighted by atomic mass is 9.89. The number of hydrogen-bond donors (Lipinski definition) is 1. The average molecular weight is 570 g/mol. The summed E-state index contributed by atoms with van der Waals surface area (Å²) in [6.07, 6.45) is 3.38. The Labute approximate surface area is 246 Å². The molecule has 0 spiro atoms. The van der Waals surface area contributed by atoms with Gasteiger partial charge in [0.25, 0.3) is 5.91 Å². The van der Waals surface area contributed by atoms with Crippen molar-refractivity contribution in [1.82, 2.24) is 29.5 Å². The van der Waals surface area contributed by atoms with E-state index in [1.54, 1.807) is 31.3 Å². The van der Waals surface area contributed by atoms with Crippen molar-refractivity contribution in [2.24, 2.45) is 7.05 Å². The van der Waals surface area contributed by atoms with Crippen molar-refractivity contribution < 1.29 is 14.3 Å². The van der Waals surface area contributed by atoms with E-state index in [1.807, 2.05) is 45.0 Å². The minimum atomic E-state index is -0.595. The number of ether oxygens (including phenoxy) is 1. The molecule has 3 aromatic heterocycles. The molecule has 0 unspecified atom stereocenters. The number of likely N-dealkylation sites (tertiary alicyclic amines) is 1. The van der Waals surface area contributed by atoms with E-state index in [0.29, 0.717) is 17.4 Å². The molecule has 4 aromatic rings. The van der Waals surface area contributed by atoms with Crippen LogP contribution in [0.1, 0.15) is 61.1 Å². The lowest BCUT2D eigenvalue weighted by Gasteiger charge is -2.32. The number of hydrogen-bond acceptors (Lipinski definition) is 7. The van der Waals surface area contributed by atoms with Crippen LogP contribution in [0.2, 0.25) is 0 Å². The summed E-state index contributed by atoms with van der Waals surface area (Å²) in [6.45, 7) is 8.26. The average Bonchev–Trinajstić information content (AvgIpc) is 3.27. The molecule has 10 nitrogen and oxygen atoms in total. The third-order valence-corrected chi connectivity index (χ3v) is 7.61. The van der Waals surface area contributed by atoms with Gasteiger partial charge in [0.1, 0.15) is 11.2 Å². The van der Waals surface area contributed by atoms with E-state index in [-0.39, 0.29) is 5.91 Å². The molecular weight excluding hydrogens is 530 g/mol. The molecule has 0 radical (unpaired) electrons. The first kappa shape index (κ1) is 29.2. The van der Waals surface area contributed by atoms with Gasteiger partial charge in [-0.2, -0.15) is 0 Å². The maximum absolute atomic E-state index is 12.2. The van der Waals surface area contributed by atoms with Gasteiger partial charge in [0, 0.05) is 56.1 Å². The van der Waals surface area contributed by atoms with Crippen molar-refractivity contribution in [1.29, 1.82) is 0 Å². The van der Waals surface area contributed by atoms with Gasteiger partial charge >= 0.3 is 6.09 Å².